The van der Waals surface area contributed by atoms with E-state index in [1.165, 1.54) is 0 Å². The first-order chi connectivity index (χ1) is 13.7. The lowest BCUT2D eigenvalue weighted by atomic mass is 10.1. The highest BCUT2D eigenvalue weighted by Crippen LogP contribution is 2.43. The van der Waals surface area contributed by atoms with Gasteiger partial charge in [-0.3, -0.25) is 9.67 Å². The molecule has 2 aromatic heterocycles. The Hall–Kier alpha value is -2.90. The van der Waals surface area contributed by atoms with Crippen LogP contribution in [0.5, 0.6) is 0 Å². The van der Waals surface area contributed by atoms with Gasteiger partial charge in [-0.25, -0.2) is 9.18 Å². The Morgan fingerprint density at radius 3 is 2.55 bits per heavy atom. The summed E-state index contributed by atoms with van der Waals surface area (Å²) in [4.78, 5) is 20.5. The zero-order valence-electron chi connectivity index (χ0n) is 17.3. The van der Waals surface area contributed by atoms with Gasteiger partial charge in [-0.05, 0) is 26.8 Å². The minimum Gasteiger partial charge on any atom is -0.444 e. The Labute approximate surface area is 169 Å². The average molecular weight is 399 g/mol. The first-order valence-electron chi connectivity index (χ1n) is 9.82. The summed E-state index contributed by atoms with van der Waals surface area (Å²) in [6, 6.07) is 1.85. The lowest BCUT2D eigenvalue weighted by molar-refractivity contribution is 0.0240. The van der Waals surface area contributed by atoms with Gasteiger partial charge in [0.05, 0.1) is 23.1 Å². The van der Waals surface area contributed by atoms with Crippen LogP contribution >= 0.6 is 0 Å². The van der Waals surface area contributed by atoms with E-state index in [2.05, 4.69) is 15.0 Å². The molecule has 29 heavy (non-hydrogen) atoms. The van der Waals surface area contributed by atoms with Crippen LogP contribution in [0.15, 0.2) is 24.7 Å². The minimum atomic E-state index is -0.517. The molecular formula is C21H26FN5O2. The van der Waals surface area contributed by atoms with Gasteiger partial charge in [-0.15, -0.1) is 0 Å². The van der Waals surface area contributed by atoms with Crippen molar-refractivity contribution < 1.29 is 13.9 Å². The number of carbonyl (C=O) groups excluding carboxylic acids is 1. The van der Waals surface area contributed by atoms with Gasteiger partial charge in [0.15, 0.2) is 0 Å². The molecule has 0 unspecified atom stereocenters. The van der Waals surface area contributed by atoms with Crippen LogP contribution in [-0.4, -0.2) is 57.5 Å². The van der Waals surface area contributed by atoms with Crippen LogP contribution in [0.2, 0.25) is 0 Å². The maximum atomic E-state index is 15.4. The van der Waals surface area contributed by atoms with Crippen molar-refractivity contribution in [2.45, 2.75) is 32.8 Å². The van der Waals surface area contributed by atoms with Crippen LogP contribution in [0.4, 0.5) is 14.9 Å². The molecule has 0 bridgehead atoms. The second kappa shape index (κ2) is 7.17. The molecule has 8 heteroatoms. The maximum Gasteiger partial charge on any atom is 0.410 e. The minimum absolute atomic E-state index is 0.231. The SMILES string of the molecule is Cn1cc(C2=C(F)c3c(N4CCN(C(=O)OC(C)(C)C)CC4)ccnc3C2)cn1. The third-order valence-electron chi connectivity index (χ3n) is 5.16. The number of hydrogen-bond acceptors (Lipinski definition) is 5. The highest BCUT2D eigenvalue weighted by molar-refractivity contribution is 5.96. The lowest BCUT2D eigenvalue weighted by Crippen LogP contribution is -2.50. The number of aryl methyl sites for hydroxylation is 1. The molecule has 4 rings (SSSR count). The van der Waals surface area contributed by atoms with Crippen molar-refractivity contribution in [1.82, 2.24) is 19.7 Å². The smallest absolute Gasteiger partial charge is 0.410 e. The summed E-state index contributed by atoms with van der Waals surface area (Å²) in [7, 11) is 1.82. The monoisotopic (exact) mass is 399 g/mol. The van der Waals surface area contributed by atoms with Crippen molar-refractivity contribution in [2.75, 3.05) is 31.1 Å². The fourth-order valence-corrected chi connectivity index (χ4v) is 3.79. The highest BCUT2D eigenvalue weighted by Gasteiger charge is 2.31. The first-order valence-corrected chi connectivity index (χ1v) is 9.82. The number of carbonyl (C=O) groups is 1. The van der Waals surface area contributed by atoms with E-state index in [-0.39, 0.29) is 11.9 Å². The zero-order valence-corrected chi connectivity index (χ0v) is 17.3. The topological polar surface area (TPSA) is 63.5 Å². The van der Waals surface area contributed by atoms with Gasteiger partial charge in [0, 0.05) is 63.2 Å². The third-order valence-corrected chi connectivity index (χ3v) is 5.16. The fourth-order valence-electron chi connectivity index (χ4n) is 3.79. The van der Waals surface area contributed by atoms with Gasteiger partial charge in [0.1, 0.15) is 11.4 Å². The predicted molar refractivity (Wildman–Crippen MR) is 109 cm³/mol. The first kappa shape index (κ1) is 19.4. The Bertz CT molecular complexity index is 968. The summed E-state index contributed by atoms with van der Waals surface area (Å²) >= 11 is 0. The summed E-state index contributed by atoms with van der Waals surface area (Å²) in [5.74, 6) is -0.231. The van der Waals surface area contributed by atoms with Crippen LogP contribution in [0, 0.1) is 0 Å². The lowest BCUT2D eigenvalue weighted by Gasteiger charge is -2.37. The number of piperazine rings is 1. The molecule has 154 valence electrons. The third kappa shape index (κ3) is 3.83. The molecule has 2 aliphatic rings. The van der Waals surface area contributed by atoms with Crippen LogP contribution in [0.3, 0.4) is 0 Å². The number of allylic oxidation sites excluding steroid dienone is 1. The number of hydrogen-bond donors (Lipinski definition) is 0. The molecule has 2 aromatic rings. The second-order valence-electron chi connectivity index (χ2n) is 8.48. The summed E-state index contributed by atoms with van der Waals surface area (Å²) in [6.45, 7) is 7.87. The van der Waals surface area contributed by atoms with Gasteiger partial charge in [0.2, 0.25) is 0 Å². The van der Waals surface area contributed by atoms with Crippen molar-refractivity contribution in [3.63, 3.8) is 0 Å². The molecule has 0 saturated carbocycles. The van der Waals surface area contributed by atoms with Crippen LogP contribution in [-0.2, 0) is 18.2 Å². The normalized spacial score (nSPS) is 17.0. The van der Waals surface area contributed by atoms with Gasteiger partial charge in [-0.2, -0.15) is 5.10 Å². The van der Waals surface area contributed by atoms with Crippen LogP contribution in [0.25, 0.3) is 11.4 Å². The number of amides is 1. The molecule has 1 aliphatic heterocycles. The van der Waals surface area contributed by atoms with Crippen molar-refractivity contribution in [3.05, 3.63) is 41.5 Å². The molecule has 1 aliphatic carbocycles. The molecule has 0 aromatic carbocycles. The Morgan fingerprint density at radius 1 is 1.21 bits per heavy atom. The number of halogens is 1. The summed E-state index contributed by atoms with van der Waals surface area (Å²) < 4.78 is 22.5. The largest absolute Gasteiger partial charge is 0.444 e. The van der Waals surface area contributed by atoms with Gasteiger partial charge < -0.3 is 14.5 Å². The number of ether oxygens (including phenoxy) is 1. The van der Waals surface area contributed by atoms with Gasteiger partial charge in [-0.1, -0.05) is 0 Å². The molecule has 1 fully saturated rings. The molecule has 0 radical (unpaired) electrons. The molecule has 0 spiro atoms. The average Bonchev–Trinajstić information content (AvgIpc) is 3.24. The van der Waals surface area contributed by atoms with E-state index in [1.54, 1.807) is 22.0 Å². The van der Waals surface area contributed by atoms with Crippen LogP contribution < -0.4 is 4.90 Å². The van der Waals surface area contributed by atoms with E-state index in [0.717, 1.165) is 16.9 Å². The maximum absolute atomic E-state index is 15.4. The predicted octanol–water partition coefficient (Wildman–Crippen LogP) is 3.27. The quantitative estimate of drug-likeness (QED) is 0.776. The Morgan fingerprint density at radius 2 is 1.93 bits per heavy atom. The van der Waals surface area contributed by atoms with Crippen molar-refractivity contribution in [1.29, 1.82) is 0 Å². The molecule has 3 heterocycles. The van der Waals surface area contributed by atoms with Crippen LogP contribution in [0.1, 0.15) is 37.6 Å². The number of anilines is 1. The van der Waals surface area contributed by atoms with E-state index >= 15 is 4.39 Å². The number of nitrogens with zero attached hydrogens (tertiary/aromatic N) is 5. The second-order valence-corrected chi connectivity index (χ2v) is 8.48. The summed E-state index contributed by atoms with van der Waals surface area (Å²) in [5.41, 5.74) is 3.03. The van der Waals surface area contributed by atoms with E-state index in [4.69, 9.17) is 4.74 Å². The van der Waals surface area contributed by atoms with Crippen molar-refractivity contribution in [2.24, 2.45) is 7.05 Å². The number of rotatable bonds is 2. The number of pyridine rings is 1. The van der Waals surface area contributed by atoms with Crippen molar-refractivity contribution >= 4 is 23.2 Å². The molecule has 0 atom stereocenters. The van der Waals surface area contributed by atoms with Gasteiger partial charge >= 0.3 is 6.09 Å². The number of fused-ring (bicyclic) bond motifs is 1. The summed E-state index contributed by atoms with van der Waals surface area (Å²) in [5, 5.41) is 4.16. The molecule has 0 N–H and O–H groups in total. The molecular weight excluding hydrogens is 373 g/mol. The number of aromatic nitrogens is 3. The standard InChI is InChI=1S/C21H26FN5O2/c1-21(2,3)29-20(28)27-9-7-26(8-10-27)17-5-6-23-16-11-15(19(22)18(16)17)14-12-24-25(4)13-14/h5-6,12-13H,7-11H2,1-4H3. The Kier molecular flexibility index (Phi) is 4.80. The van der Waals surface area contributed by atoms with E-state index in [1.807, 2.05) is 40.1 Å². The van der Waals surface area contributed by atoms with E-state index < -0.39 is 5.60 Å². The molecule has 1 amide bonds. The highest BCUT2D eigenvalue weighted by atomic mass is 19.1. The molecule has 7 nitrogen and oxygen atoms in total. The molecule has 1 saturated heterocycles. The zero-order chi connectivity index (χ0) is 20.8. The van der Waals surface area contributed by atoms with E-state index in [0.29, 0.717) is 43.7 Å². The van der Waals surface area contributed by atoms with Crippen molar-refractivity contribution in [3.8, 4) is 0 Å². The van der Waals surface area contributed by atoms with E-state index in [9.17, 15) is 4.79 Å². The summed E-state index contributed by atoms with van der Waals surface area (Å²) in [6.07, 6.45) is 5.38. The Balaban J connectivity index is 1.53. The van der Waals surface area contributed by atoms with Gasteiger partial charge in [0.25, 0.3) is 0 Å². The fraction of sp³-hybridized carbons (Fsp3) is 0.476.